The first-order valence-corrected chi connectivity index (χ1v) is 6.49. The van der Waals surface area contributed by atoms with Gasteiger partial charge >= 0.3 is 0 Å². The molecule has 6 heteroatoms. The van der Waals surface area contributed by atoms with Gasteiger partial charge in [-0.25, -0.2) is 9.67 Å². The summed E-state index contributed by atoms with van der Waals surface area (Å²) in [6, 6.07) is 0.218. The molecule has 0 spiro atoms. The van der Waals surface area contributed by atoms with Crippen LogP contribution in [-0.2, 0) is 17.7 Å². The van der Waals surface area contributed by atoms with Crippen LogP contribution < -0.4 is 11.3 Å². The van der Waals surface area contributed by atoms with E-state index in [1.807, 2.05) is 4.68 Å². The van der Waals surface area contributed by atoms with Crippen molar-refractivity contribution in [3.05, 3.63) is 12.2 Å². The van der Waals surface area contributed by atoms with Gasteiger partial charge in [0, 0.05) is 32.7 Å². The fraction of sp³-hybridized carbons (Fsp3) is 0.833. The van der Waals surface area contributed by atoms with E-state index < -0.39 is 0 Å². The molecule has 0 fully saturated rings. The predicted octanol–water partition coefficient (Wildman–Crippen LogP) is 0.735. The van der Waals surface area contributed by atoms with Gasteiger partial charge in [-0.05, 0) is 18.8 Å². The molecule has 0 bridgehead atoms. The number of hydrazine groups is 1. The molecule has 1 rings (SSSR count). The lowest BCUT2D eigenvalue weighted by Crippen LogP contribution is -2.37. The third-order valence-electron chi connectivity index (χ3n) is 2.80. The standard InChI is InChI=1S/C12H25N5O/c1-10(2)8-17-12(14-9-15-17)7-11(16-13)5-4-6-18-3/h9-11,16H,4-8,13H2,1-3H3. The van der Waals surface area contributed by atoms with Crippen LogP contribution in [0.3, 0.4) is 0 Å². The Morgan fingerprint density at radius 1 is 1.50 bits per heavy atom. The number of ether oxygens (including phenoxy) is 1. The van der Waals surface area contributed by atoms with Crippen molar-refractivity contribution in [2.45, 2.75) is 45.7 Å². The molecule has 0 aliphatic carbocycles. The van der Waals surface area contributed by atoms with E-state index in [0.717, 1.165) is 38.2 Å². The van der Waals surface area contributed by atoms with E-state index in [2.05, 4.69) is 29.4 Å². The van der Waals surface area contributed by atoms with Crippen LogP contribution >= 0.6 is 0 Å². The Morgan fingerprint density at radius 2 is 2.28 bits per heavy atom. The SMILES string of the molecule is COCCCC(Cc1ncnn1CC(C)C)NN. The zero-order valence-corrected chi connectivity index (χ0v) is 11.6. The van der Waals surface area contributed by atoms with Gasteiger partial charge in [0.2, 0.25) is 0 Å². The van der Waals surface area contributed by atoms with Crippen molar-refractivity contribution in [3.63, 3.8) is 0 Å². The number of rotatable bonds is 9. The van der Waals surface area contributed by atoms with E-state index in [1.165, 1.54) is 0 Å². The number of aromatic nitrogens is 3. The molecule has 1 unspecified atom stereocenters. The number of methoxy groups -OCH3 is 1. The number of hydrogen-bond acceptors (Lipinski definition) is 5. The molecule has 1 heterocycles. The molecule has 3 N–H and O–H groups in total. The molecule has 0 saturated carbocycles. The first kappa shape index (κ1) is 15.1. The first-order chi connectivity index (χ1) is 8.67. The zero-order valence-electron chi connectivity index (χ0n) is 11.6. The van der Waals surface area contributed by atoms with Crippen LogP contribution in [0.2, 0.25) is 0 Å². The van der Waals surface area contributed by atoms with Crippen LogP contribution in [0.15, 0.2) is 6.33 Å². The third-order valence-corrected chi connectivity index (χ3v) is 2.80. The van der Waals surface area contributed by atoms with Gasteiger partial charge in [-0.3, -0.25) is 11.3 Å². The van der Waals surface area contributed by atoms with Gasteiger partial charge in [0.1, 0.15) is 12.2 Å². The highest BCUT2D eigenvalue weighted by Gasteiger charge is 2.13. The van der Waals surface area contributed by atoms with Crippen molar-refractivity contribution in [2.75, 3.05) is 13.7 Å². The van der Waals surface area contributed by atoms with Crippen LogP contribution in [0, 0.1) is 5.92 Å². The minimum atomic E-state index is 0.218. The minimum absolute atomic E-state index is 0.218. The molecule has 1 aromatic heterocycles. The van der Waals surface area contributed by atoms with E-state index in [1.54, 1.807) is 13.4 Å². The summed E-state index contributed by atoms with van der Waals surface area (Å²) >= 11 is 0. The Bertz CT molecular complexity index is 326. The van der Waals surface area contributed by atoms with E-state index in [-0.39, 0.29) is 6.04 Å². The van der Waals surface area contributed by atoms with Crippen molar-refractivity contribution in [2.24, 2.45) is 11.8 Å². The number of hydrogen-bond donors (Lipinski definition) is 2. The molecule has 0 aliphatic rings. The van der Waals surface area contributed by atoms with Gasteiger partial charge in [-0.2, -0.15) is 5.10 Å². The normalized spacial score (nSPS) is 13.2. The zero-order chi connectivity index (χ0) is 13.4. The summed E-state index contributed by atoms with van der Waals surface area (Å²) in [6.45, 7) is 5.99. The summed E-state index contributed by atoms with van der Waals surface area (Å²) in [6.07, 6.45) is 4.37. The van der Waals surface area contributed by atoms with Gasteiger partial charge in [-0.1, -0.05) is 13.8 Å². The molecule has 0 saturated heterocycles. The lowest BCUT2D eigenvalue weighted by molar-refractivity contribution is 0.188. The molecule has 0 aliphatic heterocycles. The molecule has 0 aromatic carbocycles. The van der Waals surface area contributed by atoms with E-state index in [4.69, 9.17) is 10.6 Å². The Labute approximate surface area is 109 Å². The average Bonchev–Trinajstić information content (AvgIpc) is 2.74. The van der Waals surface area contributed by atoms with Crippen LogP contribution in [0.25, 0.3) is 0 Å². The van der Waals surface area contributed by atoms with Gasteiger partial charge in [-0.15, -0.1) is 0 Å². The summed E-state index contributed by atoms with van der Waals surface area (Å²) in [5.74, 6) is 7.12. The van der Waals surface area contributed by atoms with Crippen LogP contribution in [0.5, 0.6) is 0 Å². The van der Waals surface area contributed by atoms with Crippen LogP contribution in [-0.4, -0.2) is 34.5 Å². The molecule has 1 aromatic rings. The molecule has 18 heavy (non-hydrogen) atoms. The first-order valence-electron chi connectivity index (χ1n) is 6.49. The van der Waals surface area contributed by atoms with Gasteiger partial charge in [0.05, 0.1) is 0 Å². The lowest BCUT2D eigenvalue weighted by atomic mass is 10.1. The fourth-order valence-corrected chi connectivity index (χ4v) is 1.88. The maximum atomic E-state index is 5.57. The summed E-state index contributed by atoms with van der Waals surface area (Å²) in [5, 5.41) is 4.25. The molecule has 104 valence electrons. The van der Waals surface area contributed by atoms with Crippen LogP contribution in [0.4, 0.5) is 0 Å². The van der Waals surface area contributed by atoms with E-state index in [0.29, 0.717) is 5.92 Å². The maximum absolute atomic E-state index is 5.57. The molecule has 6 nitrogen and oxygen atoms in total. The summed E-state index contributed by atoms with van der Waals surface area (Å²) in [4.78, 5) is 4.31. The molecule has 0 radical (unpaired) electrons. The Balaban J connectivity index is 2.50. The highest BCUT2D eigenvalue weighted by atomic mass is 16.5. The second kappa shape index (κ2) is 8.18. The Morgan fingerprint density at radius 3 is 2.89 bits per heavy atom. The number of nitrogens with one attached hydrogen (secondary N) is 1. The topological polar surface area (TPSA) is 78.0 Å². The summed E-state index contributed by atoms with van der Waals surface area (Å²) < 4.78 is 7.01. The Hall–Kier alpha value is -0.980. The maximum Gasteiger partial charge on any atom is 0.138 e. The largest absolute Gasteiger partial charge is 0.385 e. The van der Waals surface area contributed by atoms with Gasteiger partial charge < -0.3 is 4.74 Å². The lowest BCUT2D eigenvalue weighted by Gasteiger charge is -2.16. The highest BCUT2D eigenvalue weighted by molar-refractivity contribution is 4.89. The van der Waals surface area contributed by atoms with E-state index >= 15 is 0 Å². The molecule has 0 amide bonds. The van der Waals surface area contributed by atoms with E-state index in [9.17, 15) is 0 Å². The average molecular weight is 255 g/mol. The van der Waals surface area contributed by atoms with Crippen molar-refractivity contribution < 1.29 is 4.74 Å². The summed E-state index contributed by atoms with van der Waals surface area (Å²) in [7, 11) is 1.71. The number of nitrogens with two attached hydrogens (primary N) is 1. The highest BCUT2D eigenvalue weighted by Crippen LogP contribution is 2.07. The quantitative estimate of drug-likeness (QED) is 0.386. The van der Waals surface area contributed by atoms with Gasteiger partial charge in [0.15, 0.2) is 0 Å². The van der Waals surface area contributed by atoms with Gasteiger partial charge in [0.25, 0.3) is 0 Å². The van der Waals surface area contributed by atoms with Crippen molar-refractivity contribution >= 4 is 0 Å². The van der Waals surface area contributed by atoms with Crippen LogP contribution in [0.1, 0.15) is 32.5 Å². The smallest absolute Gasteiger partial charge is 0.138 e. The minimum Gasteiger partial charge on any atom is -0.385 e. The Kier molecular flexibility index (Phi) is 6.85. The second-order valence-electron chi connectivity index (χ2n) is 4.95. The van der Waals surface area contributed by atoms with Crippen molar-refractivity contribution in [3.8, 4) is 0 Å². The second-order valence-corrected chi connectivity index (χ2v) is 4.95. The predicted molar refractivity (Wildman–Crippen MR) is 70.8 cm³/mol. The molecular weight excluding hydrogens is 230 g/mol. The fourth-order valence-electron chi connectivity index (χ4n) is 1.88. The summed E-state index contributed by atoms with van der Waals surface area (Å²) in [5.41, 5.74) is 2.84. The van der Waals surface area contributed by atoms with Crippen molar-refractivity contribution in [1.82, 2.24) is 20.2 Å². The monoisotopic (exact) mass is 255 g/mol. The third kappa shape index (κ3) is 5.12. The number of nitrogens with zero attached hydrogens (tertiary/aromatic N) is 3. The molecule has 1 atom stereocenters. The molecular formula is C12H25N5O. The van der Waals surface area contributed by atoms with Crippen molar-refractivity contribution in [1.29, 1.82) is 0 Å².